The van der Waals surface area contributed by atoms with Gasteiger partial charge in [-0.3, -0.25) is 0 Å². The molecule has 0 nitrogen and oxygen atoms in total. The van der Waals surface area contributed by atoms with Crippen LogP contribution in [0.4, 0.5) is 0 Å². The number of rotatable bonds is 8. The Morgan fingerprint density at radius 3 is 1.56 bits per heavy atom. The van der Waals surface area contributed by atoms with Crippen LogP contribution >= 0.6 is 0 Å². The Hall–Kier alpha value is -3.16. The molecule has 0 saturated heterocycles. The van der Waals surface area contributed by atoms with Gasteiger partial charge in [0.2, 0.25) is 0 Å². The van der Waals surface area contributed by atoms with Crippen LogP contribution in [-0.4, -0.2) is 8.07 Å². The monoisotopic (exact) mass is 678 g/mol. The summed E-state index contributed by atoms with van der Waals surface area (Å²) in [5.74, 6) is 3.75. The van der Waals surface area contributed by atoms with Gasteiger partial charge in [-0.15, -0.1) is 6.58 Å². The number of benzene rings is 2. The molecule has 2 fully saturated rings. The first-order chi connectivity index (χ1) is 23.8. The maximum absolute atomic E-state index is 4.14. The summed E-state index contributed by atoms with van der Waals surface area (Å²) < 4.78 is 0. The van der Waals surface area contributed by atoms with Gasteiger partial charge in [-0.25, -0.2) is 0 Å². The van der Waals surface area contributed by atoms with Gasteiger partial charge in [0.1, 0.15) is 8.07 Å². The third kappa shape index (κ3) is 5.90. The number of hydrogen-bond donors (Lipinski definition) is 0. The normalized spacial score (nSPS) is 31.9. The van der Waals surface area contributed by atoms with Crippen LogP contribution in [0.15, 0.2) is 145 Å². The van der Waals surface area contributed by atoms with Crippen molar-refractivity contribution >= 4 is 18.4 Å². The molecule has 50 heavy (non-hydrogen) atoms. The third-order valence-electron chi connectivity index (χ3n) is 13.9. The minimum absolute atomic E-state index is 0.112. The van der Waals surface area contributed by atoms with Crippen LogP contribution < -0.4 is 10.4 Å². The second-order valence-electron chi connectivity index (χ2n) is 19.1. The van der Waals surface area contributed by atoms with Crippen LogP contribution in [0.1, 0.15) is 74.7 Å². The van der Waals surface area contributed by atoms with E-state index in [0.29, 0.717) is 52.5 Å². The van der Waals surface area contributed by atoms with Crippen molar-refractivity contribution in [1.82, 2.24) is 0 Å². The van der Waals surface area contributed by atoms with Crippen molar-refractivity contribution in [3.8, 4) is 0 Å². The maximum atomic E-state index is 4.14. The molecule has 7 rings (SSSR count). The highest BCUT2D eigenvalue weighted by Gasteiger charge is 2.65. The van der Waals surface area contributed by atoms with Gasteiger partial charge >= 0.3 is 0 Å². The van der Waals surface area contributed by atoms with E-state index in [2.05, 4.69) is 189 Å². The predicted octanol–water partition coefficient (Wildman–Crippen LogP) is 11.9. The fourth-order valence-electron chi connectivity index (χ4n) is 11.4. The van der Waals surface area contributed by atoms with E-state index in [1.54, 1.807) is 10.4 Å². The molecule has 0 N–H and O–H groups in total. The van der Waals surface area contributed by atoms with Crippen LogP contribution in [0.5, 0.6) is 0 Å². The van der Waals surface area contributed by atoms with Gasteiger partial charge in [-0.05, 0) is 99.2 Å². The molecule has 8 unspecified atom stereocenters. The first kappa shape index (κ1) is 35.2. The lowest BCUT2D eigenvalue weighted by Crippen LogP contribution is -2.67. The molecule has 0 bridgehead atoms. The number of allylic oxidation sites excluding steroid dienone is 13. The first-order valence-electron chi connectivity index (χ1n) is 19.7. The zero-order valence-corrected chi connectivity index (χ0v) is 33.1. The van der Waals surface area contributed by atoms with Crippen molar-refractivity contribution in [2.75, 3.05) is 0 Å². The molecule has 1 heteroatoms. The molecule has 2 aromatic rings. The predicted molar refractivity (Wildman–Crippen MR) is 219 cm³/mol. The summed E-state index contributed by atoms with van der Waals surface area (Å²) in [7, 11) is -2.60. The van der Waals surface area contributed by atoms with Crippen LogP contribution in [0, 0.1) is 57.7 Å². The summed E-state index contributed by atoms with van der Waals surface area (Å²) in [6.07, 6.45) is 31.6. The minimum atomic E-state index is -2.60. The summed E-state index contributed by atoms with van der Waals surface area (Å²) >= 11 is 0. The smallest absolute Gasteiger partial charge is 0.103 e. The Morgan fingerprint density at radius 1 is 0.620 bits per heavy atom. The van der Waals surface area contributed by atoms with E-state index in [-0.39, 0.29) is 16.2 Å². The third-order valence-corrected chi connectivity index (χ3v) is 20.1. The van der Waals surface area contributed by atoms with Gasteiger partial charge in [0.25, 0.3) is 0 Å². The highest BCUT2D eigenvalue weighted by atomic mass is 28.3. The molecule has 0 aliphatic heterocycles. The average Bonchev–Trinajstić information content (AvgIpc) is 3.65. The van der Waals surface area contributed by atoms with Crippen molar-refractivity contribution in [1.29, 1.82) is 0 Å². The Morgan fingerprint density at radius 2 is 1.10 bits per heavy atom. The molecule has 2 aromatic carbocycles. The SMILES string of the molecule is C=CCCC(C)(C)C1CC([Si](c2ccccc2)(c2ccccc2)C2C3C=C(C(C)(C)C)C=CC3C3C=CC(C(C)(C)C)=CC32)C2C=CC=CC21. The van der Waals surface area contributed by atoms with E-state index in [0.717, 1.165) is 6.42 Å². The Kier molecular flexibility index (Phi) is 9.24. The molecule has 0 heterocycles. The molecule has 262 valence electrons. The molecule has 5 aliphatic rings. The van der Waals surface area contributed by atoms with Crippen molar-refractivity contribution in [3.63, 3.8) is 0 Å². The van der Waals surface area contributed by atoms with E-state index in [1.807, 2.05) is 0 Å². The molecule has 8 atom stereocenters. The molecule has 0 aromatic heterocycles. The average molecular weight is 679 g/mol. The van der Waals surface area contributed by atoms with Gasteiger partial charge in [0, 0.05) is 0 Å². The van der Waals surface area contributed by atoms with Gasteiger partial charge in [-0.2, -0.15) is 0 Å². The lowest BCUT2D eigenvalue weighted by atomic mass is 9.69. The van der Waals surface area contributed by atoms with Crippen LogP contribution in [-0.2, 0) is 0 Å². The molecular formula is C49H62Si. The van der Waals surface area contributed by atoms with Crippen molar-refractivity contribution in [2.45, 2.75) is 85.7 Å². The lowest BCUT2D eigenvalue weighted by molar-refractivity contribution is 0.164. The van der Waals surface area contributed by atoms with Crippen molar-refractivity contribution in [3.05, 3.63) is 145 Å². The highest BCUT2D eigenvalue weighted by molar-refractivity contribution is 7.04. The number of fused-ring (bicyclic) bond motifs is 4. The van der Waals surface area contributed by atoms with Crippen molar-refractivity contribution in [2.24, 2.45) is 57.7 Å². The maximum Gasteiger partial charge on any atom is 0.125 e. The van der Waals surface area contributed by atoms with E-state index in [4.69, 9.17) is 0 Å². The van der Waals surface area contributed by atoms with Gasteiger partial charge < -0.3 is 0 Å². The summed E-state index contributed by atoms with van der Waals surface area (Å²) in [5.41, 5.74) is 4.61. The summed E-state index contributed by atoms with van der Waals surface area (Å²) in [6, 6.07) is 24.2. The molecule has 5 aliphatic carbocycles. The van der Waals surface area contributed by atoms with Crippen LogP contribution in [0.2, 0.25) is 11.1 Å². The highest BCUT2D eigenvalue weighted by Crippen LogP contribution is 2.66. The second kappa shape index (κ2) is 13.1. The Bertz CT molecular complexity index is 1640. The quantitative estimate of drug-likeness (QED) is 0.193. The van der Waals surface area contributed by atoms with Crippen molar-refractivity contribution < 1.29 is 0 Å². The van der Waals surface area contributed by atoms with E-state index in [1.165, 1.54) is 24.0 Å². The lowest BCUT2D eigenvalue weighted by Gasteiger charge is -2.50. The standard InChI is InChI=1S/C49H62Si/c1-10-11-30-49(8,9)44-33-45(41-25-19-18-24-40(41)44)50(36-20-14-12-15-21-36,37-22-16-13-17-23-37)46-42-31-34(47(2,3)4)26-28-38(42)39-29-27-35(32-43(39)46)48(5,6)7/h10,12-29,31-32,38-46H,1,11,30,33H2,2-9H3. The molecular weight excluding hydrogens is 617 g/mol. The van der Waals surface area contributed by atoms with Gasteiger partial charge in [0.05, 0.1) is 0 Å². The van der Waals surface area contributed by atoms with Crippen LogP contribution in [0.25, 0.3) is 0 Å². The largest absolute Gasteiger partial charge is 0.125 e. The van der Waals surface area contributed by atoms with Gasteiger partial charge in [0.15, 0.2) is 0 Å². The van der Waals surface area contributed by atoms with Gasteiger partial charge in [-0.1, -0.05) is 193 Å². The first-order valence-corrected chi connectivity index (χ1v) is 21.8. The van der Waals surface area contributed by atoms with E-state index in [9.17, 15) is 0 Å². The summed E-state index contributed by atoms with van der Waals surface area (Å²) in [5, 5.41) is 3.29. The minimum Gasteiger partial charge on any atom is -0.103 e. The molecule has 0 radical (unpaired) electrons. The van der Waals surface area contributed by atoms with E-state index >= 15 is 0 Å². The topological polar surface area (TPSA) is 0 Å². The fourth-order valence-corrected chi connectivity index (χ4v) is 18.8. The van der Waals surface area contributed by atoms with Crippen LogP contribution in [0.3, 0.4) is 0 Å². The molecule has 0 amide bonds. The Balaban J connectivity index is 1.54. The molecule has 0 spiro atoms. The second-order valence-corrected chi connectivity index (χ2v) is 23.4. The summed E-state index contributed by atoms with van der Waals surface area (Å²) in [6.45, 7) is 23.7. The Labute approximate surface area is 306 Å². The number of hydrogen-bond acceptors (Lipinski definition) is 0. The fraction of sp³-hybridized carbons (Fsp3) is 0.469. The zero-order valence-electron chi connectivity index (χ0n) is 32.1. The van der Waals surface area contributed by atoms with E-state index < -0.39 is 8.07 Å². The molecule has 2 saturated carbocycles. The summed E-state index contributed by atoms with van der Waals surface area (Å²) in [4.78, 5) is 0. The zero-order chi connectivity index (χ0) is 35.5.